The Labute approximate surface area is 256 Å². The maximum absolute atomic E-state index is 13.3. The highest BCUT2D eigenvalue weighted by Crippen LogP contribution is 2.47. The van der Waals surface area contributed by atoms with Crippen LogP contribution >= 0.6 is 34.7 Å². The number of ether oxygens (including phenoxy) is 2. The van der Waals surface area contributed by atoms with Gasteiger partial charge in [0.1, 0.15) is 17.3 Å². The van der Waals surface area contributed by atoms with Gasteiger partial charge in [-0.2, -0.15) is 5.26 Å². The van der Waals surface area contributed by atoms with Crippen LogP contribution in [-0.4, -0.2) is 41.9 Å². The summed E-state index contributed by atoms with van der Waals surface area (Å²) < 4.78 is 11.1. The molecule has 10 nitrogen and oxygen atoms in total. The number of aromatic nitrogens is 2. The topological polar surface area (TPSA) is 143 Å². The molecule has 0 radical (unpaired) electrons. The number of aryl methyl sites for hydroxylation is 1. The largest absolute Gasteiger partial charge is 0.495 e. The number of hydrogen-bond acceptors (Lipinski definition) is 11. The number of amides is 1. The minimum absolute atomic E-state index is 0.00199. The highest BCUT2D eigenvalue weighted by atomic mass is 35.5. The summed E-state index contributed by atoms with van der Waals surface area (Å²) in [5.74, 6) is 0.258. The average molecular weight is 623 g/mol. The third kappa shape index (κ3) is 5.68. The maximum Gasteiger partial charge on any atom is 0.234 e. The third-order valence-electron chi connectivity index (χ3n) is 6.95. The monoisotopic (exact) mass is 622 g/mol. The summed E-state index contributed by atoms with van der Waals surface area (Å²) in [6.45, 7) is 1.97. The molecule has 1 atom stereocenters. The summed E-state index contributed by atoms with van der Waals surface area (Å²) in [5.41, 5.74) is 10.5. The smallest absolute Gasteiger partial charge is 0.234 e. The van der Waals surface area contributed by atoms with Crippen molar-refractivity contribution >= 4 is 57.2 Å². The van der Waals surface area contributed by atoms with E-state index in [1.54, 1.807) is 17.0 Å². The summed E-state index contributed by atoms with van der Waals surface area (Å²) in [7, 11) is 2.98. The maximum atomic E-state index is 13.3. The van der Waals surface area contributed by atoms with E-state index in [1.165, 1.54) is 37.3 Å². The van der Waals surface area contributed by atoms with Gasteiger partial charge >= 0.3 is 0 Å². The number of thioether (sulfide) groups is 1. The van der Waals surface area contributed by atoms with Gasteiger partial charge in [-0.3, -0.25) is 14.5 Å². The summed E-state index contributed by atoms with van der Waals surface area (Å²) in [6, 6.07) is 13.2. The number of ketones is 1. The van der Waals surface area contributed by atoms with Crippen LogP contribution in [0.25, 0.3) is 0 Å². The fourth-order valence-corrected chi connectivity index (χ4v) is 7.03. The predicted molar refractivity (Wildman–Crippen MR) is 163 cm³/mol. The number of hydrogen-bond donors (Lipinski definition) is 2. The molecule has 3 aromatic rings. The molecule has 1 aromatic heterocycles. The van der Waals surface area contributed by atoms with Crippen LogP contribution in [-0.2, 0) is 9.59 Å². The number of carbonyl (C=O) groups is 2. The Balaban J connectivity index is 1.39. The van der Waals surface area contributed by atoms with Gasteiger partial charge in [0.2, 0.25) is 11.0 Å². The molecule has 0 fully saturated rings. The zero-order valence-corrected chi connectivity index (χ0v) is 25.5. The van der Waals surface area contributed by atoms with Crippen LogP contribution in [0.4, 0.5) is 10.8 Å². The lowest BCUT2D eigenvalue weighted by Gasteiger charge is -2.38. The SMILES string of the molecule is COc1cc(OC)c(NC(=O)CSc2nnc(N3C(N)=C(C#N)C(c4cccc(C)c4)C4=C3CCCC4=O)s2)cc1Cl. The molecule has 0 bridgehead atoms. The van der Waals surface area contributed by atoms with Crippen molar-refractivity contribution in [1.29, 1.82) is 5.26 Å². The van der Waals surface area contributed by atoms with Gasteiger partial charge in [0.05, 0.1) is 48.2 Å². The van der Waals surface area contributed by atoms with Crippen molar-refractivity contribution in [1.82, 2.24) is 10.2 Å². The lowest BCUT2D eigenvalue weighted by atomic mass is 9.75. The Bertz CT molecular complexity index is 1680. The Kier molecular flexibility index (Phi) is 8.72. The summed E-state index contributed by atoms with van der Waals surface area (Å²) in [5, 5.41) is 22.3. The van der Waals surface area contributed by atoms with Crippen molar-refractivity contribution in [3.8, 4) is 17.6 Å². The minimum Gasteiger partial charge on any atom is -0.495 e. The summed E-state index contributed by atoms with van der Waals surface area (Å²) >= 11 is 8.64. The van der Waals surface area contributed by atoms with Gasteiger partial charge in [-0.25, -0.2) is 0 Å². The quantitative estimate of drug-likeness (QED) is 0.307. The number of rotatable bonds is 8. The number of benzene rings is 2. The predicted octanol–water partition coefficient (Wildman–Crippen LogP) is 5.55. The number of halogens is 1. The van der Waals surface area contributed by atoms with Gasteiger partial charge in [0, 0.05) is 23.8 Å². The van der Waals surface area contributed by atoms with Gasteiger partial charge in [-0.1, -0.05) is 64.5 Å². The van der Waals surface area contributed by atoms with E-state index in [0.717, 1.165) is 16.8 Å². The van der Waals surface area contributed by atoms with Gasteiger partial charge in [-0.15, -0.1) is 10.2 Å². The van der Waals surface area contributed by atoms with E-state index in [2.05, 4.69) is 21.6 Å². The van der Waals surface area contributed by atoms with E-state index >= 15 is 0 Å². The molecule has 3 N–H and O–H groups in total. The Hall–Kier alpha value is -4.05. The summed E-state index contributed by atoms with van der Waals surface area (Å²) in [6.07, 6.45) is 1.69. The fraction of sp³-hybridized carbons (Fsp3) is 0.276. The molecule has 1 aliphatic heterocycles. The van der Waals surface area contributed by atoms with Gasteiger partial charge in [0.15, 0.2) is 10.1 Å². The highest BCUT2D eigenvalue weighted by Gasteiger charge is 2.41. The van der Waals surface area contributed by atoms with Gasteiger partial charge < -0.3 is 20.5 Å². The first-order chi connectivity index (χ1) is 20.2. The number of methoxy groups -OCH3 is 2. The van der Waals surface area contributed by atoms with E-state index in [9.17, 15) is 14.9 Å². The first-order valence-electron chi connectivity index (χ1n) is 13.0. The third-order valence-corrected chi connectivity index (χ3v) is 9.29. The normalized spacial score (nSPS) is 16.7. The molecular weight excluding hydrogens is 596 g/mol. The number of nitrogens with one attached hydrogen (secondary N) is 1. The number of anilines is 2. The van der Waals surface area contributed by atoms with Crippen LogP contribution in [0.3, 0.4) is 0 Å². The standard InChI is InChI=1S/C29H27ClN6O4S2/c1-15-6-4-7-16(10-15)25-17(13-31)27(32)36(20-8-5-9-21(37)26(20)25)28-34-35-29(42-28)41-14-24(38)33-19-11-18(30)22(39-2)12-23(19)40-3/h4,6-7,10-12,25H,5,8-9,14,32H2,1-3H3,(H,33,38). The molecule has 0 spiro atoms. The van der Waals surface area contributed by atoms with E-state index in [0.29, 0.717) is 62.1 Å². The number of Topliss-reactive ketones (excluding diaryl/α,β-unsaturated/α-hetero) is 1. The number of allylic oxidation sites excluding steroid dienone is 3. The van der Waals surface area contributed by atoms with Crippen LogP contribution in [0.1, 0.15) is 36.3 Å². The van der Waals surface area contributed by atoms with E-state index in [4.69, 9.17) is 26.8 Å². The minimum atomic E-state index is -0.539. The van der Waals surface area contributed by atoms with Crippen LogP contribution < -0.4 is 25.4 Å². The molecule has 0 saturated heterocycles. The Morgan fingerprint density at radius 1 is 1.24 bits per heavy atom. The van der Waals surface area contributed by atoms with E-state index < -0.39 is 5.92 Å². The van der Waals surface area contributed by atoms with Crippen molar-refractivity contribution in [3.05, 3.63) is 75.2 Å². The molecule has 0 saturated carbocycles. The van der Waals surface area contributed by atoms with Crippen molar-refractivity contribution in [2.45, 2.75) is 36.4 Å². The van der Waals surface area contributed by atoms with E-state index in [-0.39, 0.29) is 23.3 Å². The first-order valence-corrected chi connectivity index (χ1v) is 15.1. The Morgan fingerprint density at radius 2 is 2.02 bits per heavy atom. The highest BCUT2D eigenvalue weighted by molar-refractivity contribution is 8.01. The zero-order chi connectivity index (χ0) is 30.0. The second kappa shape index (κ2) is 12.4. The van der Waals surface area contributed by atoms with Crippen molar-refractivity contribution in [3.63, 3.8) is 0 Å². The second-order valence-corrected chi connectivity index (χ2v) is 12.2. The van der Waals surface area contributed by atoms with Crippen molar-refractivity contribution < 1.29 is 19.1 Å². The molecule has 13 heteroatoms. The Morgan fingerprint density at radius 3 is 2.74 bits per heavy atom. The van der Waals surface area contributed by atoms with Crippen molar-refractivity contribution in [2.24, 2.45) is 5.73 Å². The van der Waals surface area contributed by atoms with Crippen LogP contribution in [0.5, 0.6) is 11.5 Å². The fourth-order valence-electron chi connectivity index (χ4n) is 5.11. The number of nitrogens with zero attached hydrogens (tertiary/aromatic N) is 4. The van der Waals surface area contributed by atoms with Crippen LogP contribution in [0.2, 0.25) is 5.02 Å². The van der Waals surface area contributed by atoms with Crippen LogP contribution in [0, 0.1) is 18.3 Å². The molecule has 42 heavy (non-hydrogen) atoms. The zero-order valence-electron chi connectivity index (χ0n) is 23.1. The first kappa shape index (κ1) is 29.4. The molecule has 5 rings (SSSR count). The van der Waals surface area contributed by atoms with Crippen LogP contribution in [0.15, 0.2) is 63.4 Å². The number of nitrogens with two attached hydrogens (primary N) is 1. The molecule has 2 aliphatic rings. The van der Waals surface area contributed by atoms with Gasteiger partial charge in [-0.05, 0) is 31.4 Å². The second-order valence-electron chi connectivity index (χ2n) is 9.60. The van der Waals surface area contributed by atoms with Crippen molar-refractivity contribution in [2.75, 3.05) is 30.2 Å². The molecule has 1 unspecified atom stereocenters. The molecule has 1 amide bonds. The number of nitriles is 1. The van der Waals surface area contributed by atoms with E-state index in [1.807, 2.05) is 31.2 Å². The summed E-state index contributed by atoms with van der Waals surface area (Å²) in [4.78, 5) is 27.8. The molecular formula is C29H27ClN6O4S2. The average Bonchev–Trinajstić information content (AvgIpc) is 3.44. The number of carbonyl (C=O) groups excluding carboxylic acids is 2. The lowest BCUT2D eigenvalue weighted by molar-refractivity contribution is -0.116. The molecule has 216 valence electrons. The molecule has 2 aromatic carbocycles. The lowest BCUT2D eigenvalue weighted by Crippen LogP contribution is -2.38. The van der Waals surface area contributed by atoms with Gasteiger partial charge in [0.25, 0.3) is 0 Å². The molecule has 2 heterocycles. The molecule has 1 aliphatic carbocycles.